The van der Waals surface area contributed by atoms with Gasteiger partial charge >= 0.3 is 5.69 Å². The zero-order valence-electron chi connectivity index (χ0n) is 16.6. The number of imidazole rings is 1. The van der Waals surface area contributed by atoms with Gasteiger partial charge in [-0.2, -0.15) is 0 Å². The number of nitro groups is 1. The van der Waals surface area contributed by atoms with Crippen LogP contribution in [0.2, 0.25) is 0 Å². The summed E-state index contributed by atoms with van der Waals surface area (Å²) in [6.07, 6.45) is 3.15. The quantitative estimate of drug-likeness (QED) is 0.300. The number of thiazole rings is 1. The van der Waals surface area contributed by atoms with E-state index in [0.717, 1.165) is 11.0 Å². The number of aromatic nitrogens is 3. The summed E-state index contributed by atoms with van der Waals surface area (Å²) >= 11 is 1.30. The van der Waals surface area contributed by atoms with Crippen molar-refractivity contribution in [2.24, 2.45) is 0 Å². The van der Waals surface area contributed by atoms with Crippen LogP contribution in [-0.4, -0.2) is 26.4 Å². The minimum atomic E-state index is -0.566. The van der Waals surface area contributed by atoms with Crippen molar-refractivity contribution in [3.05, 3.63) is 91.4 Å². The smallest absolute Gasteiger partial charge is 0.331 e. The van der Waals surface area contributed by atoms with Crippen molar-refractivity contribution < 1.29 is 14.4 Å². The molecule has 0 saturated heterocycles. The fraction of sp³-hybridized carbons (Fsp3) is 0.0455. The van der Waals surface area contributed by atoms with Gasteiger partial charge in [0.2, 0.25) is 0 Å². The Kier molecular flexibility index (Phi) is 4.75. The Balaban J connectivity index is 1.55. The molecule has 32 heavy (non-hydrogen) atoms. The number of hydrogen-bond donors (Lipinski definition) is 0. The molecular formula is C22H14N4O5S. The summed E-state index contributed by atoms with van der Waals surface area (Å²) in [5.74, 6) is 0.472. The molecule has 0 fully saturated rings. The summed E-state index contributed by atoms with van der Waals surface area (Å²) in [5.41, 5.74) is 1.84. The summed E-state index contributed by atoms with van der Waals surface area (Å²) in [5, 5.41) is 11.2. The molecule has 9 nitrogen and oxygen atoms in total. The molecule has 0 aliphatic heterocycles. The average Bonchev–Trinajstić information content (AvgIpc) is 3.31. The van der Waals surface area contributed by atoms with E-state index in [2.05, 4.69) is 9.97 Å². The zero-order chi connectivity index (χ0) is 22.2. The molecule has 0 aliphatic rings. The van der Waals surface area contributed by atoms with E-state index in [9.17, 15) is 14.9 Å². The molecule has 0 radical (unpaired) electrons. The second kappa shape index (κ2) is 7.75. The largest absolute Gasteiger partial charge is 0.493 e. The lowest BCUT2D eigenvalue weighted by atomic mass is 10.2. The van der Waals surface area contributed by atoms with E-state index in [4.69, 9.17) is 9.47 Å². The van der Waals surface area contributed by atoms with Crippen LogP contribution < -0.4 is 19.6 Å². The van der Waals surface area contributed by atoms with Gasteiger partial charge in [0.05, 0.1) is 27.6 Å². The third-order valence-corrected chi connectivity index (χ3v) is 5.75. The molecule has 0 bridgehead atoms. The molecule has 0 spiro atoms. The fourth-order valence-corrected chi connectivity index (χ4v) is 4.31. The zero-order valence-corrected chi connectivity index (χ0v) is 17.4. The van der Waals surface area contributed by atoms with Crippen molar-refractivity contribution in [1.29, 1.82) is 0 Å². The number of para-hydroxylation sites is 2. The van der Waals surface area contributed by atoms with Gasteiger partial charge in [-0.15, -0.1) is 0 Å². The molecule has 10 heteroatoms. The van der Waals surface area contributed by atoms with Gasteiger partial charge in [-0.1, -0.05) is 29.5 Å². The van der Waals surface area contributed by atoms with Crippen LogP contribution in [0.25, 0.3) is 22.1 Å². The maximum atomic E-state index is 12.9. The SMILES string of the molecule is COc1cc(/C=c2\sc3nc4ccccc4n3c2=O)ccc1Oc1ncccc1[N+](=O)[O-]. The highest BCUT2D eigenvalue weighted by molar-refractivity contribution is 7.15. The lowest BCUT2D eigenvalue weighted by Gasteiger charge is -2.10. The maximum Gasteiger partial charge on any atom is 0.331 e. The first-order chi connectivity index (χ1) is 15.5. The van der Waals surface area contributed by atoms with Gasteiger partial charge in [0, 0.05) is 12.3 Å². The lowest BCUT2D eigenvalue weighted by Crippen LogP contribution is -2.22. The van der Waals surface area contributed by atoms with E-state index in [0.29, 0.717) is 20.8 Å². The molecule has 0 aliphatic carbocycles. The predicted octanol–water partition coefficient (Wildman–Crippen LogP) is 3.56. The molecule has 3 heterocycles. The Labute approximate surface area is 184 Å². The van der Waals surface area contributed by atoms with Gasteiger partial charge in [0.15, 0.2) is 16.5 Å². The van der Waals surface area contributed by atoms with Crippen molar-refractivity contribution in [2.75, 3.05) is 7.11 Å². The highest BCUT2D eigenvalue weighted by atomic mass is 32.1. The summed E-state index contributed by atoms with van der Waals surface area (Å²) < 4.78 is 13.2. The minimum absolute atomic E-state index is 0.138. The van der Waals surface area contributed by atoms with Gasteiger partial charge in [0.1, 0.15) is 0 Å². The number of rotatable bonds is 5. The fourth-order valence-electron chi connectivity index (χ4n) is 3.33. The normalized spacial score (nSPS) is 11.8. The van der Waals surface area contributed by atoms with Crippen LogP contribution in [0.3, 0.4) is 0 Å². The predicted molar refractivity (Wildman–Crippen MR) is 120 cm³/mol. The molecule has 2 aromatic carbocycles. The second-order valence-electron chi connectivity index (χ2n) is 6.73. The molecule has 5 aromatic rings. The van der Waals surface area contributed by atoms with E-state index in [1.165, 1.54) is 36.8 Å². The minimum Gasteiger partial charge on any atom is -0.493 e. The molecule has 0 N–H and O–H groups in total. The maximum absolute atomic E-state index is 12.9. The number of ether oxygens (including phenoxy) is 2. The highest BCUT2D eigenvalue weighted by Gasteiger charge is 2.18. The van der Waals surface area contributed by atoms with E-state index >= 15 is 0 Å². The topological polar surface area (TPSA) is 109 Å². The van der Waals surface area contributed by atoms with E-state index in [1.54, 1.807) is 28.7 Å². The standard InChI is InChI=1S/C22H14N4O5S/c1-30-18-11-13(8-9-17(18)31-20-16(26(28)29)7-4-10-23-20)12-19-21(27)25-15-6-3-2-5-14(15)24-22(25)32-19/h2-12H,1H3/b19-12-. The summed E-state index contributed by atoms with van der Waals surface area (Å²) in [6.45, 7) is 0. The lowest BCUT2D eigenvalue weighted by molar-refractivity contribution is -0.386. The van der Waals surface area contributed by atoms with Crippen LogP contribution in [0, 0.1) is 10.1 Å². The van der Waals surface area contributed by atoms with Gasteiger partial charge in [-0.25, -0.2) is 14.4 Å². The van der Waals surface area contributed by atoms with Crippen LogP contribution in [0.5, 0.6) is 17.4 Å². The molecule has 3 aromatic heterocycles. The Morgan fingerprint density at radius 3 is 2.78 bits per heavy atom. The van der Waals surface area contributed by atoms with Gasteiger partial charge < -0.3 is 9.47 Å². The summed E-state index contributed by atoms with van der Waals surface area (Å²) in [7, 11) is 1.46. The Bertz CT molecular complexity index is 1610. The third kappa shape index (κ3) is 3.32. The molecular weight excluding hydrogens is 432 g/mol. The Morgan fingerprint density at radius 1 is 1.12 bits per heavy atom. The van der Waals surface area contributed by atoms with Crippen LogP contribution >= 0.6 is 11.3 Å². The van der Waals surface area contributed by atoms with Crippen molar-refractivity contribution in [3.8, 4) is 17.4 Å². The van der Waals surface area contributed by atoms with Gasteiger partial charge in [-0.3, -0.25) is 14.9 Å². The van der Waals surface area contributed by atoms with Crippen LogP contribution in [0.1, 0.15) is 5.56 Å². The summed E-state index contributed by atoms with van der Waals surface area (Å²) in [6, 6.07) is 15.3. The van der Waals surface area contributed by atoms with E-state index < -0.39 is 4.92 Å². The Hall–Kier alpha value is -4.31. The number of benzene rings is 2. The van der Waals surface area contributed by atoms with E-state index in [-0.39, 0.29) is 22.9 Å². The molecule has 0 amide bonds. The van der Waals surface area contributed by atoms with Gasteiger partial charge in [-0.05, 0) is 42.0 Å². The first kappa shape index (κ1) is 19.6. The summed E-state index contributed by atoms with van der Waals surface area (Å²) in [4.78, 5) is 32.7. The number of pyridine rings is 1. The molecule has 158 valence electrons. The van der Waals surface area contributed by atoms with Crippen LogP contribution in [-0.2, 0) is 0 Å². The van der Waals surface area contributed by atoms with Crippen molar-refractivity contribution >= 4 is 39.1 Å². The third-order valence-electron chi connectivity index (χ3n) is 4.78. The Morgan fingerprint density at radius 2 is 1.97 bits per heavy atom. The molecule has 0 unspecified atom stereocenters. The second-order valence-corrected chi connectivity index (χ2v) is 7.74. The van der Waals surface area contributed by atoms with Crippen molar-refractivity contribution in [3.63, 3.8) is 0 Å². The molecule has 0 saturated carbocycles. The molecule has 5 rings (SSSR count). The average molecular weight is 446 g/mol. The number of hydrogen-bond acceptors (Lipinski definition) is 8. The van der Waals surface area contributed by atoms with Crippen LogP contribution in [0.15, 0.2) is 65.6 Å². The number of fused-ring (bicyclic) bond motifs is 3. The molecule has 0 atom stereocenters. The highest BCUT2D eigenvalue weighted by Crippen LogP contribution is 2.35. The first-order valence-corrected chi connectivity index (χ1v) is 10.2. The monoisotopic (exact) mass is 446 g/mol. The first-order valence-electron chi connectivity index (χ1n) is 9.42. The van der Waals surface area contributed by atoms with Crippen molar-refractivity contribution in [1.82, 2.24) is 14.4 Å². The number of methoxy groups -OCH3 is 1. The van der Waals surface area contributed by atoms with Gasteiger partial charge in [0.25, 0.3) is 11.4 Å². The number of nitrogens with zero attached hydrogens (tertiary/aromatic N) is 4. The van der Waals surface area contributed by atoms with Crippen LogP contribution in [0.4, 0.5) is 5.69 Å². The van der Waals surface area contributed by atoms with Crippen molar-refractivity contribution in [2.45, 2.75) is 0 Å². The van der Waals surface area contributed by atoms with E-state index in [1.807, 2.05) is 24.3 Å².